The molecule has 0 aromatic rings. The second-order valence-electron chi connectivity index (χ2n) is 3.80. The number of carbonyl (C=O) groups is 1. The predicted molar refractivity (Wildman–Crippen MR) is 94.7 cm³/mol. The second-order valence-corrected chi connectivity index (χ2v) is 9.05. The van der Waals surface area contributed by atoms with Gasteiger partial charge in [0.25, 0.3) is 0 Å². The molecule has 0 rings (SSSR count). The lowest BCUT2D eigenvalue weighted by atomic mass is 9.87. The van der Waals surface area contributed by atoms with E-state index in [9.17, 15) is 9.59 Å². The monoisotopic (exact) mass is 444 g/mol. The Morgan fingerprint density at radius 3 is 2.71 bits per heavy atom. The number of ether oxygens (including phenoxy) is 2. The molecule has 0 spiro atoms. The van der Waals surface area contributed by atoms with E-state index in [2.05, 4.69) is 0 Å². The first-order valence-electron chi connectivity index (χ1n) is 5.80. The highest BCUT2D eigenvalue weighted by Crippen LogP contribution is 2.47. The van der Waals surface area contributed by atoms with Crippen LogP contribution in [0.1, 0.15) is 0 Å². The van der Waals surface area contributed by atoms with Gasteiger partial charge >= 0.3 is 4.97 Å². The van der Waals surface area contributed by atoms with Gasteiger partial charge in [-0.3, -0.25) is 4.79 Å². The molecule has 0 N–H and O–H groups in total. The summed E-state index contributed by atoms with van der Waals surface area (Å²) in [5.74, 6) is 0.777. The van der Waals surface area contributed by atoms with Gasteiger partial charge in [-0.2, -0.15) is 0 Å². The average Bonchev–Trinajstić information content (AvgIpc) is 2.45. The van der Waals surface area contributed by atoms with Gasteiger partial charge in [0, 0.05) is 37.4 Å². The van der Waals surface area contributed by atoms with Crippen LogP contribution < -0.4 is 0 Å². The van der Waals surface area contributed by atoms with Gasteiger partial charge in [-0.05, 0) is 13.8 Å². The fraction of sp³-hybridized carbons (Fsp3) is 0.700. The maximum Gasteiger partial charge on any atom is 0.543 e. The lowest BCUT2D eigenvalue weighted by molar-refractivity contribution is -0.121. The number of halogens is 1. The molecule has 21 heavy (non-hydrogen) atoms. The van der Waals surface area contributed by atoms with Crippen molar-refractivity contribution in [2.75, 3.05) is 40.3 Å². The Hall–Kier alpha value is 0.440. The van der Waals surface area contributed by atoms with Gasteiger partial charge < -0.3 is 18.2 Å². The molecule has 0 amide bonds. The quantitative estimate of drug-likeness (QED) is 0.113. The molecule has 0 aliphatic rings. The zero-order chi connectivity index (χ0) is 16.3. The van der Waals surface area contributed by atoms with Crippen LogP contribution in [-0.2, 0) is 27.8 Å². The molecule has 2 unspecified atom stereocenters. The Morgan fingerprint density at radius 2 is 2.19 bits per heavy atom. The maximum atomic E-state index is 11.7. The molecule has 0 aliphatic carbocycles. The highest BCUT2D eigenvalue weighted by atomic mass is 127. The van der Waals surface area contributed by atoms with Crippen LogP contribution in [0.4, 0.5) is 0 Å². The Balaban J connectivity index is 3.87. The van der Waals surface area contributed by atoms with Crippen molar-refractivity contribution in [3.05, 3.63) is 5.76 Å². The Morgan fingerprint density at radius 1 is 1.52 bits per heavy atom. The molecule has 2 radical (unpaired) electrons. The van der Waals surface area contributed by atoms with Gasteiger partial charge in [0.15, 0.2) is 17.5 Å². The SMILES string of the molecule is [B]C(COCC(=O)CP(C)SOB(I)OC)C(=C=O)OC. The molecule has 0 heterocycles. The molecule has 2 atom stereocenters. The zero-order valence-corrected chi connectivity index (χ0v) is 15.9. The van der Waals surface area contributed by atoms with Crippen molar-refractivity contribution in [3.8, 4) is 0 Å². The van der Waals surface area contributed by atoms with E-state index in [1.165, 1.54) is 18.8 Å². The highest BCUT2D eigenvalue weighted by molar-refractivity contribution is 14.1. The van der Waals surface area contributed by atoms with Gasteiger partial charge in [-0.1, -0.05) is 22.4 Å². The fourth-order valence-electron chi connectivity index (χ4n) is 1.11. The van der Waals surface area contributed by atoms with Crippen LogP contribution in [0.15, 0.2) is 5.76 Å². The van der Waals surface area contributed by atoms with E-state index in [-0.39, 0.29) is 29.7 Å². The van der Waals surface area contributed by atoms with Crippen molar-refractivity contribution >= 4 is 65.7 Å². The lowest BCUT2D eigenvalue weighted by Gasteiger charge is -2.13. The summed E-state index contributed by atoms with van der Waals surface area (Å²) >= 11 is 3.24. The number of Topliss-reactive ketones (excluding diaryl/α,β-unsaturated/α-hetero) is 1. The summed E-state index contributed by atoms with van der Waals surface area (Å²) in [4.78, 5) is 21.8. The van der Waals surface area contributed by atoms with Gasteiger partial charge in [0.1, 0.15) is 6.61 Å². The summed E-state index contributed by atoms with van der Waals surface area (Å²) in [5.41, 5.74) is 0. The molecule has 0 fully saturated rings. The molecule has 0 aromatic heterocycles. The first kappa shape index (κ1) is 21.4. The van der Waals surface area contributed by atoms with Gasteiger partial charge in [-0.25, -0.2) is 4.79 Å². The van der Waals surface area contributed by atoms with Crippen molar-refractivity contribution in [2.45, 2.75) is 5.82 Å². The first-order chi connectivity index (χ1) is 9.94. The van der Waals surface area contributed by atoms with Crippen LogP contribution in [0.2, 0.25) is 5.82 Å². The van der Waals surface area contributed by atoms with E-state index >= 15 is 0 Å². The van der Waals surface area contributed by atoms with E-state index in [1.807, 2.05) is 29.0 Å². The topological polar surface area (TPSA) is 71.1 Å². The van der Waals surface area contributed by atoms with E-state index in [1.54, 1.807) is 13.1 Å². The standard InChI is InChI=1S/C10H16B2IO6PS/c1-16-10(4-14)9(11)6-18-5-8(15)7-20(3)21-19-12(13)17-2/h9H,5-7H2,1-3H3. The van der Waals surface area contributed by atoms with E-state index < -0.39 is 12.9 Å². The van der Waals surface area contributed by atoms with Crippen LogP contribution in [0.5, 0.6) is 0 Å². The van der Waals surface area contributed by atoms with Crippen molar-refractivity contribution in [2.24, 2.45) is 0 Å². The maximum absolute atomic E-state index is 11.7. The first-order valence-corrected chi connectivity index (χ1v) is 10.4. The molecular formula is C10H16B2IO6PS. The van der Waals surface area contributed by atoms with Crippen LogP contribution in [0.25, 0.3) is 0 Å². The third-order valence-electron chi connectivity index (χ3n) is 2.05. The fourth-order valence-corrected chi connectivity index (χ4v) is 4.11. The summed E-state index contributed by atoms with van der Waals surface area (Å²) in [7, 11) is 7.84. The summed E-state index contributed by atoms with van der Waals surface area (Å²) in [5, 5.41) is 0. The largest absolute Gasteiger partial charge is 0.543 e. The minimum atomic E-state index is -0.720. The van der Waals surface area contributed by atoms with Gasteiger partial charge in [0.2, 0.25) is 0 Å². The minimum Gasteiger partial charge on any atom is -0.490 e. The predicted octanol–water partition coefficient (Wildman–Crippen LogP) is 1.65. The van der Waals surface area contributed by atoms with Crippen LogP contribution in [0, 0.1) is 0 Å². The molecule has 0 bridgehead atoms. The van der Waals surface area contributed by atoms with Crippen LogP contribution in [0.3, 0.4) is 0 Å². The van der Waals surface area contributed by atoms with E-state index in [0.717, 1.165) is 0 Å². The van der Waals surface area contributed by atoms with Crippen LogP contribution in [-0.4, -0.2) is 64.8 Å². The normalized spacial score (nSPS) is 13.1. The number of rotatable bonds is 12. The summed E-state index contributed by atoms with van der Waals surface area (Å²) in [6.07, 6.45) is 0.364. The third kappa shape index (κ3) is 10.7. The van der Waals surface area contributed by atoms with Crippen molar-refractivity contribution in [3.63, 3.8) is 0 Å². The minimum absolute atomic E-state index is 0.0228. The highest BCUT2D eigenvalue weighted by Gasteiger charge is 2.17. The molecule has 6 nitrogen and oxygen atoms in total. The number of hydrogen-bond donors (Lipinski definition) is 0. The number of carbonyl (C=O) groups excluding carboxylic acids is 2. The second kappa shape index (κ2) is 12.9. The summed E-state index contributed by atoms with van der Waals surface area (Å²) in [6, 6.07) is 0. The van der Waals surface area contributed by atoms with Crippen molar-refractivity contribution in [1.29, 1.82) is 0 Å². The van der Waals surface area contributed by atoms with Crippen molar-refractivity contribution in [1.82, 2.24) is 0 Å². The molecule has 0 aromatic carbocycles. The Labute approximate surface area is 145 Å². The Kier molecular flexibility index (Phi) is 13.2. The molecule has 0 saturated carbocycles. The number of ketones is 1. The van der Waals surface area contributed by atoms with Crippen LogP contribution >= 0.6 is 41.2 Å². The van der Waals surface area contributed by atoms with E-state index in [4.69, 9.17) is 26.1 Å². The molecular weight excluding hydrogens is 428 g/mol. The smallest absolute Gasteiger partial charge is 0.490 e. The molecule has 11 heteroatoms. The third-order valence-corrected chi connectivity index (χ3v) is 5.88. The molecule has 0 aliphatic heterocycles. The van der Waals surface area contributed by atoms with Gasteiger partial charge in [0.05, 0.1) is 15.0 Å². The average molecular weight is 444 g/mol. The Bertz CT molecular complexity index is 371. The zero-order valence-electron chi connectivity index (χ0n) is 12.0. The lowest BCUT2D eigenvalue weighted by Crippen LogP contribution is -2.16. The molecule has 0 saturated heterocycles. The number of hydrogen-bond acceptors (Lipinski definition) is 7. The van der Waals surface area contributed by atoms with Crippen molar-refractivity contribution < 1.29 is 27.8 Å². The molecule has 116 valence electrons. The summed E-state index contributed by atoms with van der Waals surface area (Å²) in [6.45, 7) is 1.89. The van der Waals surface area contributed by atoms with Gasteiger partial charge in [-0.15, -0.1) is 0 Å². The number of methoxy groups -OCH3 is 1. The van der Waals surface area contributed by atoms with E-state index in [0.29, 0.717) is 6.16 Å². The summed E-state index contributed by atoms with van der Waals surface area (Å²) < 4.78 is 20.1.